The maximum atomic E-state index is 13.3. The molecule has 1 aliphatic carbocycles. The Balaban J connectivity index is 1.71. The minimum Gasteiger partial charge on any atom is -0.289 e. The SMILES string of the molecule is CC(C)=CCCC(C)=CCCc1ccc2c(c1)C(=O)c1cc(CCCC(C)C)ccc1C2=O. The molecule has 0 spiro atoms. The molecule has 0 atom stereocenters. The van der Waals surface area contributed by atoms with Crippen LogP contribution < -0.4 is 0 Å². The summed E-state index contributed by atoms with van der Waals surface area (Å²) in [5.74, 6) is 0.627. The Morgan fingerprint density at radius 2 is 1.33 bits per heavy atom. The van der Waals surface area contributed by atoms with Crippen molar-refractivity contribution >= 4 is 11.6 Å². The number of allylic oxidation sites excluding steroid dienone is 4. The molecule has 0 radical (unpaired) electrons. The molecule has 2 aromatic carbocycles. The third kappa shape index (κ3) is 6.63. The molecular formula is C31H38O2. The van der Waals surface area contributed by atoms with Crippen LogP contribution in [0.1, 0.15) is 110 Å². The van der Waals surface area contributed by atoms with Crippen LogP contribution in [0.3, 0.4) is 0 Å². The first-order valence-electron chi connectivity index (χ1n) is 12.4. The van der Waals surface area contributed by atoms with Gasteiger partial charge in [0.15, 0.2) is 11.6 Å². The van der Waals surface area contributed by atoms with Crippen molar-refractivity contribution in [3.05, 3.63) is 93.1 Å². The number of hydrogen-bond acceptors (Lipinski definition) is 2. The van der Waals surface area contributed by atoms with E-state index in [4.69, 9.17) is 0 Å². The first-order chi connectivity index (χ1) is 15.8. The molecular weight excluding hydrogens is 404 g/mol. The molecule has 0 heterocycles. The van der Waals surface area contributed by atoms with Gasteiger partial charge in [0, 0.05) is 22.3 Å². The van der Waals surface area contributed by atoms with E-state index in [1.54, 1.807) is 0 Å². The van der Waals surface area contributed by atoms with E-state index < -0.39 is 0 Å². The van der Waals surface area contributed by atoms with Crippen LogP contribution in [0, 0.1) is 5.92 Å². The Kier molecular flexibility index (Phi) is 8.61. The zero-order chi connectivity index (χ0) is 24.0. The molecule has 0 saturated heterocycles. The largest absolute Gasteiger partial charge is 0.289 e. The second-order valence-electron chi connectivity index (χ2n) is 10.1. The smallest absolute Gasteiger partial charge is 0.194 e. The lowest BCUT2D eigenvalue weighted by Gasteiger charge is -2.19. The van der Waals surface area contributed by atoms with E-state index in [1.807, 2.05) is 36.4 Å². The first-order valence-corrected chi connectivity index (χ1v) is 12.4. The predicted molar refractivity (Wildman–Crippen MR) is 138 cm³/mol. The normalized spacial score (nSPS) is 13.2. The molecule has 0 fully saturated rings. The zero-order valence-electron chi connectivity index (χ0n) is 21.0. The quantitative estimate of drug-likeness (QED) is 0.297. The van der Waals surface area contributed by atoms with Crippen LogP contribution in [0.2, 0.25) is 0 Å². The van der Waals surface area contributed by atoms with E-state index in [0.717, 1.165) is 49.7 Å². The zero-order valence-corrected chi connectivity index (χ0v) is 21.0. The molecule has 33 heavy (non-hydrogen) atoms. The van der Waals surface area contributed by atoms with Gasteiger partial charge in [-0.1, -0.05) is 67.8 Å². The van der Waals surface area contributed by atoms with Gasteiger partial charge in [-0.3, -0.25) is 9.59 Å². The standard InChI is InChI=1S/C31H38O2/c1-21(2)9-6-11-23(5)12-8-14-25-16-18-27-29(20-25)31(33)28-19-24(13-7-10-22(3)4)15-17-26(28)30(27)32/h9,12,15-20,22H,6-8,10-11,13-14H2,1-5H3. The van der Waals surface area contributed by atoms with Crippen LogP contribution >= 0.6 is 0 Å². The molecule has 2 heteroatoms. The molecule has 0 aromatic heterocycles. The topological polar surface area (TPSA) is 34.1 Å². The van der Waals surface area contributed by atoms with Crippen molar-refractivity contribution in [2.75, 3.05) is 0 Å². The van der Waals surface area contributed by atoms with Crippen molar-refractivity contribution in [2.45, 2.75) is 79.6 Å². The van der Waals surface area contributed by atoms with E-state index in [1.165, 1.54) is 17.6 Å². The van der Waals surface area contributed by atoms with Crippen LogP contribution in [0.5, 0.6) is 0 Å². The molecule has 0 amide bonds. The Labute approximate surface area is 199 Å². The molecule has 1 aliphatic rings. The third-order valence-corrected chi connectivity index (χ3v) is 6.41. The third-order valence-electron chi connectivity index (χ3n) is 6.41. The number of rotatable bonds is 10. The highest BCUT2D eigenvalue weighted by Crippen LogP contribution is 2.29. The second-order valence-corrected chi connectivity index (χ2v) is 10.1. The Morgan fingerprint density at radius 3 is 1.91 bits per heavy atom. The minimum absolute atomic E-state index is 0.0133. The molecule has 2 aromatic rings. The Hall–Kier alpha value is -2.74. The van der Waals surface area contributed by atoms with Crippen molar-refractivity contribution in [2.24, 2.45) is 5.92 Å². The van der Waals surface area contributed by atoms with Crippen molar-refractivity contribution in [1.82, 2.24) is 0 Å². The van der Waals surface area contributed by atoms with Crippen molar-refractivity contribution in [3.63, 3.8) is 0 Å². The first kappa shape index (κ1) is 24.9. The lowest BCUT2D eigenvalue weighted by molar-refractivity contribution is 0.0979. The van der Waals surface area contributed by atoms with Crippen LogP contribution in [-0.2, 0) is 12.8 Å². The summed E-state index contributed by atoms with van der Waals surface area (Å²) in [5, 5.41) is 0. The Morgan fingerprint density at radius 1 is 0.758 bits per heavy atom. The molecule has 174 valence electrons. The molecule has 0 saturated carbocycles. The average Bonchev–Trinajstić information content (AvgIpc) is 2.77. The fourth-order valence-electron chi connectivity index (χ4n) is 4.45. The molecule has 0 N–H and O–H groups in total. The number of benzene rings is 2. The molecule has 3 rings (SSSR count). The summed E-state index contributed by atoms with van der Waals surface area (Å²) in [6.07, 6.45) is 11.8. The van der Waals surface area contributed by atoms with Gasteiger partial charge in [-0.2, -0.15) is 0 Å². The number of carbonyl (C=O) groups excluding carboxylic acids is 2. The van der Waals surface area contributed by atoms with Gasteiger partial charge < -0.3 is 0 Å². The van der Waals surface area contributed by atoms with Gasteiger partial charge in [0.25, 0.3) is 0 Å². The number of ketones is 2. The minimum atomic E-state index is -0.0325. The fourth-order valence-corrected chi connectivity index (χ4v) is 4.45. The van der Waals surface area contributed by atoms with Gasteiger partial charge >= 0.3 is 0 Å². The fraction of sp³-hybridized carbons (Fsp3) is 0.419. The van der Waals surface area contributed by atoms with Gasteiger partial charge in [-0.15, -0.1) is 0 Å². The summed E-state index contributed by atoms with van der Waals surface area (Å²) in [6, 6.07) is 11.6. The van der Waals surface area contributed by atoms with E-state index in [0.29, 0.717) is 28.2 Å². The lowest BCUT2D eigenvalue weighted by Crippen LogP contribution is -2.21. The highest BCUT2D eigenvalue weighted by Gasteiger charge is 2.29. The maximum absolute atomic E-state index is 13.3. The molecule has 0 unspecified atom stereocenters. The number of fused-ring (bicyclic) bond motifs is 2. The van der Waals surface area contributed by atoms with Crippen LogP contribution in [0.25, 0.3) is 0 Å². The van der Waals surface area contributed by atoms with Gasteiger partial charge in [-0.05, 0) is 88.5 Å². The van der Waals surface area contributed by atoms with E-state index in [9.17, 15) is 9.59 Å². The van der Waals surface area contributed by atoms with E-state index in [2.05, 4.69) is 46.8 Å². The monoisotopic (exact) mass is 442 g/mol. The van der Waals surface area contributed by atoms with Gasteiger partial charge in [0.05, 0.1) is 0 Å². The van der Waals surface area contributed by atoms with Crippen LogP contribution in [0.4, 0.5) is 0 Å². The van der Waals surface area contributed by atoms with E-state index >= 15 is 0 Å². The van der Waals surface area contributed by atoms with Crippen molar-refractivity contribution in [3.8, 4) is 0 Å². The Bertz CT molecular complexity index is 1080. The predicted octanol–water partition coefficient (Wildman–Crippen LogP) is 8.07. The van der Waals surface area contributed by atoms with Gasteiger partial charge in [0.1, 0.15) is 0 Å². The summed E-state index contributed by atoms with van der Waals surface area (Å²) in [6.45, 7) is 10.9. The van der Waals surface area contributed by atoms with E-state index in [-0.39, 0.29) is 11.6 Å². The second kappa shape index (κ2) is 11.4. The maximum Gasteiger partial charge on any atom is 0.194 e. The van der Waals surface area contributed by atoms with Gasteiger partial charge in [-0.25, -0.2) is 0 Å². The van der Waals surface area contributed by atoms with Crippen molar-refractivity contribution in [1.29, 1.82) is 0 Å². The summed E-state index contributed by atoms with van der Waals surface area (Å²) >= 11 is 0. The summed E-state index contributed by atoms with van der Waals surface area (Å²) in [5.41, 5.74) is 7.23. The summed E-state index contributed by atoms with van der Waals surface area (Å²) < 4.78 is 0. The van der Waals surface area contributed by atoms with Gasteiger partial charge in [0.2, 0.25) is 0 Å². The summed E-state index contributed by atoms with van der Waals surface area (Å²) in [7, 11) is 0. The number of carbonyl (C=O) groups is 2. The number of aryl methyl sites for hydroxylation is 2. The molecule has 0 bridgehead atoms. The lowest BCUT2D eigenvalue weighted by atomic mass is 9.82. The molecule has 2 nitrogen and oxygen atoms in total. The highest BCUT2D eigenvalue weighted by atomic mass is 16.1. The number of hydrogen-bond donors (Lipinski definition) is 0. The van der Waals surface area contributed by atoms with Crippen LogP contribution in [0.15, 0.2) is 59.7 Å². The highest BCUT2D eigenvalue weighted by molar-refractivity contribution is 6.28. The summed E-state index contributed by atoms with van der Waals surface area (Å²) in [4.78, 5) is 26.4. The van der Waals surface area contributed by atoms with Crippen LogP contribution in [-0.4, -0.2) is 11.6 Å². The molecule has 0 aliphatic heterocycles. The van der Waals surface area contributed by atoms with Crippen molar-refractivity contribution < 1.29 is 9.59 Å². The average molecular weight is 443 g/mol.